The molecule has 0 aliphatic carbocycles. The molecule has 0 atom stereocenters. The third kappa shape index (κ3) is 5.19. The Hall–Kier alpha value is -2.69. The molecule has 5 heteroatoms. The number of nitrogens with one attached hydrogen (secondary N) is 2. The van der Waals surface area contributed by atoms with Crippen LogP contribution in [-0.4, -0.2) is 33.3 Å². The highest BCUT2D eigenvalue weighted by Crippen LogP contribution is 2.24. The number of para-hydroxylation sites is 1. The number of nitrogens with zero attached hydrogens (tertiary/aromatic N) is 1. The maximum absolute atomic E-state index is 12.0. The molecule has 0 aromatic heterocycles. The lowest BCUT2D eigenvalue weighted by molar-refractivity contribution is 0.252. The van der Waals surface area contributed by atoms with Crippen molar-refractivity contribution in [1.29, 1.82) is 0 Å². The first-order valence-electron chi connectivity index (χ1n) is 8.06. The summed E-state index contributed by atoms with van der Waals surface area (Å²) < 4.78 is 5.28. The van der Waals surface area contributed by atoms with Crippen LogP contribution in [0.2, 0.25) is 0 Å². The predicted molar refractivity (Wildman–Crippen MR) is 99.1 cm³/mol. The zero-order valence-electron chi connectivity index (χ0n) is 14.5. The second kappa shape index (κ2) is 8.82. The molecule has 24 heavy (non-hydrogen) atoms. The van der Waals surface area contributed by atoms with Crippen molar-refractivity contribution < 1.29 is 9.53 Å². The number of aryl methyl sites for hydroxylation is 1. The van der Waals surface area contributed by atoms with Crippen molar-refractivity contribution in [3.63, 3.8) is 0 Å². The first kappa shape index (κ1) is 17.7. The monoisotopic (exact) mass is 327 g/mol. The van der Waals surface area contributed by atoms with Gasteiger partial charge in [-0.25, -0.2) is 4.79 Å². The van der Waals surface area contributed by atoms with E-state index in [1.54, 1.807) is 7.11 Å². The lowest BCUT2D eigenvalue weighted by atomic mass is 10.2. The third-order valence-corrected chi connectivity index (χ3v) is 3.76. The Morgan fingerprint density at radius 2 is 1.92 bits per heavy atom. The smallest absolute Gasteiger partial charge is 0.319 e. The van der Waals surface area contributed by atoms with E-state index in [0.29, 0.717) is 18.0 Å². The predicted octanol–water partition coefficient (Wildman–Crippen LogP) is 3.65. The molecular formula is C19H25N3O2. The molecule has 0 saturated heterocycles. The molecule has 0 unspecified atom stereocenters. The van der Waals surface area contributed by atoms with Crippen molar-refractivity contribution in [3.05, 3.63) is 54.1 Å². The van der Waals surface area contributed by atoms with Gasteiger partial charge in [0.25, 0.3) is 0 Å². The van der Waals surface area contributed by atoms with Crippen LogP contribution in [0.4, 0.5) is 16.2 Å². The van der Waals surface area contributed by atoms with E-state index in [1.165, 1.54) is 5.69 Å². The maximum Gasteiger partial charge on any atom is 0.319 e. The molecule has 2 rings (SSSR count). The number of urea groups is 1. The largest absolute Gasteiger partial charge is 0.495 e. The van der Waals surface area contributed by atoms with E-state index >= 15 is 0 Å². The van der Waals surface area contributed by atoms with Crippen LogP contribution in [0.1, 0.15) is 12.0 Å². The molecule has 2 aromatic carbocycles. The van der Waals surface area contributed by atoms with Gasteiger partial charge in [0.05, 0.1) is 12.8 Å². The summed E-state index contributed by atoms with van der Waals surface area (Å²) in [6, 6.07) is 15.6. The van der Waals surface area contributed by atoms with Crippen molar-refractivity contribution in [2.75, 3.05) is 37.5 Å². The Morgan fingerprint density at radius 1 is 1.17 bits per heavy atom. The fourth-order valence-corrected chi connectivity index (χ4v) is 2.40. The molecule has 0 aliphatic rings. The quantitative estimate of drug-likeness (QED) is 0.763. The molecule has 2 aromatic rings. The summed E-state index contributed by atoms with van der Waals surface area (Å²) in [6.07, 6.45) is 0.865. The zero-order chi connectivity index (χ0) is 17.4. The average molecular weight is 327 g/mol. The molecule has 0 fully saturated rings. The van der Waals surface area contributed by atoms with Gasteiger partial charge in [0, 0.05) is 25.8 Å². The van der Waals surface area contributed by atoms with Crippen LogP contribution in [-0.2, 0) is 0 Å². The number of ether oxygens (including phenoxy) is 1. The van der Waals surface area contributed by atoms with E-state index < -0.39 is 0 Å². The van der Waals surface area contributed by atoms with Gasteiger partial charge in [0.1, 0.15) is 5.75 Å². The van der Waals surface area contributed by atoms with Crippen LogP contribution >= 0.6 is 0 Å². The Morgan fingerprint density at radius 3 is 2.62 bits per heavy atom. The Kier molecular flexibility index (Phi) is 6.49. The minimum absolute atomic E-state index is 0.223. The second-order valence-corrected chi connectivity index (χ2v) is 5.70. The highest BCUT2D eigenvalue weighted by Gasteiger charge is 2.07. The molecule has 128 valence electrons. The van der Waals surface area contributed by atoms with Crippen molar-refractivity contribution in [3.8, 4) is 5.75 Å². The summed E-state index contributed by atoms with van der Waals surface area (Å²) in [4.78, 5) is 14.2. The van der Waals surface area contributed by atoms with Crippen molar-refractivity contribution >= 4 is 17.4 Å². The molecule has 0 aliphatic heterocycles. The molecule has 5 nitrogen and oxygen atoms in total. The van der Waals surface area contributed by atoms with Crippen LogP contribution in [0.25, 0.3) is 0 Å². The number of rotatable bonds is 7. The molecule has 0 heterocycles. The number of hydrogen-bond acceptors (Lipinski definition) is 3. The Bertz CT molecular complexity index is 659. The van der Waals surface area contributed by atoms with E-state index in [2.05, 4.69) is 27.7 Å². The second-order valence-electron chi connectivity index (χ2n) is 5.70. The van der Waals surface area contributed by atoms with E-state index in [9.17, 15) is 4.79 Å². The van der Waals surface area contributed by atoms with Gasteiger partial charge in [0.2, 0.25) is 0 Å². The maximum atomic E-state index is 12.0. The van der Waals surface area contributed by atoms with Crippen LogP contribution in [0.15, 0.2) is 48.5 Å². The van der Waals surface area contributed by atoms with Crippen LogP contribution < -0.4 is 20.3 Å². The SMILES string of the molecule is COc1cc(C)ccc1NC(=O)NCCCN(C)c1ccccc1. The first-order chi connectivity index (χ1) is 11.6. The van der Waals surface area contributed by atoms with Gasteiger partial charge >= 0.3 is 6.03 Å². The number of methoxy groups -OCH3 is 1. The normalized spacial score (nSPS) is 10.1. The summed E-state index contributed by atoms with van der Waals surface area (Å²) in [7, 11) is 3.64. The summed E-state index contributed by atoms with van der Waals surface area (Å²) in [5.74, 6) is 0.661. The molecule has 0 saturated carbocycles. The highest BCUT2D eigenvalue weighted by molar-refractivity contribution is 5.90. The molecule has 2 N–H and O–H groups in total. The van der Waals surface area contributed by atoms with Gasteiger partial charge in [0.15, 0.2) is 0 Å². The fraction of sp³-hybridized carbons (Fsp3) is 0.316. The lowest BCUT2D eigenvalue weighted by Crippen LogP contribution is -2.31. The topological polar surface area (TPSA) is 53.6 Å². The van der Waals surface area contributed by atoms with Crippen LogP contribution in [0.3, 0.4) is 0 Å². The van der Waals surface area contributed by atoms with Crippen molar-refractivity contribution in [2.45, 2.75) is 13.3 Å². The number of hydrogen-bond donors (Lipinski definition) is 2. The number of carbonyl (C=O) groups excluding carboxylic acids is 1. The van der Waals surface area contributed by atoms with E-state index in [-0.39, 0.29) is 6.03 Å². The van der Waals surface area contributed by atoms with Crippen LogP contribution in [0, 0.1) is 6.92 Å². The van der Waals surface area contributed by atoms with Gasteiger partial charge in [-0.1, -0.05) is 24.3 Å². The highest BCUT2D eigenvalue weighted by atomic mass is 16.5. The number of carbonyl (C=O) groups is 1. The van der Waals surface area contributed by atoms with Crippen LogP contribution in [0.5, 0.6) is 5.75 Å². The lowest BCUT2D eigenvalue weighted by Gasteiger charge is -2.19. The zero-order valence-corrected chi connectivity index (χ0v) is 14.5. The average Bonchev–Trinajstić information content (AvgIpc) is 2.60. The van der Waals surface area contributed by atoms with Gasteiger partial charge in [-0.15, -0.1) is 0 Å². The fourth-order valence-electron chi connectivity index (χ4n) is 2.40. The van der Waals surface area contributed by atoms with Crippen molar-refractivity contribution in [2.24, 2.45) is 0 Å². The molecular weight excluding hydrogens is 302 g/mol. The first-order valence-corrected chi connectivity index (χ1v) is 8.06. The molecule has 0 bridgehead atoms. The summed E-state index contributed by atoms with van der Waals surface area (Å²) >= 11 is 0. The van der Waals surface area contributed by atoms with Gasteiger partial charge < -0.3 is 20.3 Å². The Labute approximate surface area is 143 Å². The molecule has 0 spiro atoms. The minimum Gasteiger partial charge on any atom is -0.495 e. The van der Waals surface area contributed by atoms with Gasteiger partial charge in [-0.05, 0) is 43.2 Å². The van der Waals surface area contributed by atoms with Gasteiger partial charge in [-0.2, -0.15) is 0 Å². The van der Waals surface area contributed by atoms with E-state index in [0.717, 1.165) is 18.5 Å². The summed E-state index contributed by atoms with van der Waals surface area (Å²) in [5.41, 5.74) is 2.93. The van der Waals surface area contributed by atoms with Crippen molar-refractivity contribution in [1.82, 2.24) is 5.32 Å². The minimum atomic E-state index is -0.223. The summed E-state index contributed by atoms with van der Waals surface area (Å²) in [6.45, 7) is 3.46. The number of benzene rings is 2. The number of amides is 2. The standard InChI is InChI=1S/C19H25N3O2/c1-15-10-11-17(18(14-15)24-3)21-19(23)20-12-7-13-22(2)16-8-5-4-6-9-16/h4-6,8-11,14H,7,12-13H2,1-3H3,(H2,20,21,23). The summed E-state index contributed by atoms with van der Waals surface area (Å²) in [5, 5.41) is 5.69. The number of anilines is 2. The van der Waals surface area contributed by atoms with E-state index in [1.807, 2.05) is 50.4 Å². The molecule has 0 radical (unpaired) electrons. The molecule has 2 amide bonds. The van der Waals surface area contributed by atoms with Gasteiger partial charge in [-0.3, -0.25) is 0 Å². The Balaban J connectivity index is 1.74. The third-order valence-electron chi connectivity index (χ3n) is 3.76. The van der Waals surface area contributed by atoms with E-state index in [4.69, 9.17) is 4.74 Å².